The second-order valence-electron chi connectivity index (χ2n) is 10.8. The Labute approximate surface area is 266 Å². The van der Waals surface area contributed by atoms with E-state index in [0.717, 1.165) is 16.5 Å². The van der Waals surface area contributed by atoms with Crippen LogP contribution in [0, 0.1) is 11.6 Å². The van der Waals surface area contributed by atoms with E-state index in [1.807, 2.05) is 71.4 Å². The smallest absolute Gasteiger partial charge is 0.338 e. The quantitative estimate of drug-likeness (QED) is 0.197. The largest absolute Gasteiger partial charge is 0.463 e. The summed E-state index contributed by atoms with van der Waals surface area (Å²) >= 11 is 1.21. The van der Waals surface area contributed by atoms with Crippen molar-refractivity contribution in [1.29, 1.82) is 0 Å². The number of ether oxygens (including phenoxy) is 1. The highest BCUT2D eigenvalue weighted by Crippen LogP contribution is 2.35. The maximum Gasteiger partial charge on any atom is 0.338 e. The van der Waals surface area contributed by atoms with Gasteiger partial charge in [-0.3, -0.25) is 9.36 Å². The maximum absolute atomic E-state index is 14.6. The molecule has 0 unspecified atom stereocenters. The van der Waals surface area contributed by atoms with Crippen molar-refractivity contribution < 1.29 is 18.3 Å². The van der Waals surface area contributed by atoms with Gasteiger partial charge in [-0.15, -0.1) is 0 Å². The topological polar surface area (TPSA) is 65.6 Å². The van der Waals surface area contributed by atoms with E-state index in [4.69, 9.17) is 9.73 Å². The minimum Gasteiger partial charge on any atom is -0.463 e. The summed E-state index contributed by atoms with van der Waals surface area (Å²) in [5, 5.41) is 0.900. The van der Waals surface area contributed by atoms with E-state index in [2.05, 4.69) is 0 Å². The Balaban J connectivity index is 1.45. The van der Waals surface area contributed by atoms with Crippen molar-refractivity contribution in [2.75, 3.05) is 6.61 Å². The Kier molecular flexibility index (Phi) is 7.76. The van der Waals surface area contributed by atoms with Crippen molar-refractivity contribution in [2.24, 2.45) is 4.99 Å². The van der Waals surface area contributed by atoms with Crippen LogP contribution in [0.3, 0.4) is 0 Å². The minimum absolute atomic E-state index is 0.127. The molecule has 0 N–H and O–H groups in total. The molecule has 0 saturated heterocycles. The molecular weight excluding hydrogens is 604 g/mol. The van der Waals surface area contributed by atoms with E-state index in [1.165, 1.54) is 34.1 Å². The normalized spacial score (nSPS) is 14.8. The van der Waals surface area contributed by atoms with Gasteiger partial charge in [0.05, 0.1) is 35.0 Å². The van der Waals surface area contributed by atoms with E-state index in [-0.39, 0.29) is 23.6 Å². The number of carbonyl (C=O) groups excluding carboxylic acids is 1. The number of fused-ring (bicyclic) bond motifs is 2. The van der Waals surface area contributed by atoms with Gasteiger partial charge in [-0.2, -0.15) is 0 Å². The number of nitrogens with zero attached hydrogens (tertiary/aromatic N) is 3. The van der Waals surface area contributed by atoms with Crippen LogP contribution in [-0.2, 0) is 16.1 Å². The summed E-state index contributed by atoms with van der Waals surface area (Å²) in [5.74, 6) is -1.33. The second kappa shape index (κ2) is 12.2. The molecule has 228 valence electrons. The van der Waals surface area contributed by atoms with Crippen LogP contribution in [-0.4, -0.2) is 21.7 Å². The average molecular weight is 632 g/mol. The van der Waals surface area contributed by atoms with E-state index in [1.54, 1.807) is 37.3 Å². The molecule has 1 aliphatic rings. The van der Waals surface area contributed by atoms with Crippen molar-refractivity contribution in [3.63, 3.8) is 0 Å². The lowest BCUT2D eigenvalue weighted by Gasteiger charge is -2.25. The summed E-state index contributed by atoms with van der Waals surface area (Å²) in [6.07, 6.45) is 3.72. The Hall–Kier alpha value is -5.41. The van der Waals surface area contributed by atoms with Gasteiger partial charge in [-0.1, -0.05) is 90.2 Å². The number of hydrogen-bond acceptors (Lipinski definition) is 5. The lowest BCUT2D eigenvalue weighted by atomic mass is 9.93. The predicted octanol–water partition coefficient (Wildman–Crippen LogP) is 6.22. The third kappa shape index (κ3) is 5.28. The first-order valence-corrected chi connectivity index (χ1v) is 15.6. The zero-order valence-electron chi connectivity index (χ0n) is 24.7. The molecule has 4 aromatic carbocycles. The number of aromatic nitrogens is 2. The van der Waals surface area contributed by atoms with Gasteiger partial charge in [0.1, 0.15) is 11.6 Å². The summed E-state index contributed by atoms with van der Waals surface area (Å²) in [6.45, 7) is 2.16. The van der Waals surface area contributed by atoms with Gasteiger partial charge in [-0.05, 0) is 42.8 Å². The number of hydrogen-bond donors (Lipinski definition) is 0. The summed E-state index contributed by atoms with van der Waals surface area (Å²) in [5.41, 5.74) is 3.69. The number of halogens is 2. The van der Waals surface area contributed by atoms with Gasteiger partial charge >= 0.3 is 5.97 Å². The molecule has 0 aliphatic carbocycles. The van der Waals surface area contributed by atoms with Crippen molar-refractivity contribution in [3.8, 4) is 0 Å². The Morgan fingerprint density at radius 1 is 0.935 bits per heavy atom. The maximum atomic E-state index is 14.6. The highest BCUT2D eigenvalue weighted by molar-refractivity contribution is 7.07. The highest BCUT2D eigenvalue weighted by Gasteiger charge is 2.35. The Bertz CT molecular complexity index is 2320. The molecule has 0 fully saturated rings. The molecule has 0 spiro atoms. The van der Waals surface area contributed by atoms with Crippen LogP contribution in [0.4, 0.5) is 8.78 Å². The lowest BCUT2D eigenvalue weighted by molar-refractivity contribution is -0.138. The van der Waals surface area contributed by atoms with Gasteiger partial charge in [0.2, 0.25) is 0 Å². The number of rotatable bonds is 7. The van der Waals surface area contributed by atoms with Gasteiger partial charge in [0.15, 0.2) is 4.80 Å². The van der Waals surface area contributed by atoms with Gasteiger partial charge in [0, 0.05) is 33.8 Å². The molecular formula is C37H27F2N3O3S. The first-order chi connectivity index (χ1) is 22.4. The van der Waals surface area contributed by atoms with Crippen molar-refractivity contribution >= 4 is 40.0 Å². The van der Waals surface area contributed by atoms with Gasteiger partial charge in [-0.25, -0.2) is 18.6 Å². The lowest BCUT2D eigenvalue weighted by Crippen LogP contribution is -2.40. The molecule has 3 heterocycles. The predicted molar refractivity (Wildman–Crippen MR) is 175 cm³/mol. The molecule has 0 bridgehead atoms. The fourth-order valence-electron chi connectivity index (χ4n) is 5.87. The number of para-hydroxylation sites is 1. The highest BCUT2D eigenvalue weighted by atomic mass is 32.1. The molecule has 0 radical (unpaired) electrons. The molecule has 6 nitrogen and oxygen atoms in total. The van der Waals surface area contributed by atoms with E-state index in [9.17, 15) is 18.4 Å². The SMILES string of the molecule is CCOC(=O)C1=C(c2ccccc2)N=c2s/c(=C\c3cn(Cc4ccccc4F)c4ccccc34)c(=O)n2[C@@H]1c1ccc(F)cc1. The van der Waals surface area contributed by atoms with Crippen LogP contribution in [0.15, 0.2) is 125 Å². The van der Waals surface area contributed by atoms with Crippen LogP contribution in [0.25, 0.3) is 22.7 Å². The molecule has 46 heavy (non-hydrogen) atoms. The molecule has 1 atom stereocenters. The Morgan fingerprint density at radius 2 is 1.65 bits per heavy atom. The standard InChI is InChI=1S/C37H27F2N3O3S/c1-2-45-36(44)32-33(23-10-4-3-5-11-23)40-37-42(34(32)24-16-18-27(38)19-17-24)35(43)31(46-37)20-26-22-41(30-15-9-7-13-28(26)30)21-25-12-6-8-14-29(25)39/h3-20,22,34H,2,21H2,1H3/b31-20-/t34-/m1/s1. The number of esters is 1. The van der Waals surface area contributed by atoms with Crippen LogP contribution in [0.5, 0.6) is 0 Å². The molecule has 0 amide bonds. The monoisotopic (exact) mass is 631 g/mol. The number of thiazole rings is 1. The van der Waals surface area contributed by atoms with Crippen molar-refractivity contribution in [2.45, 2.75) is 19.5 Å². The molecule has 9 heteroatoms. The molecule has 0 saturated carbocycles. The minimum atomic E-state index is -0.907. The molecule has 7 rings (SSSR count). The van der Waals surface area contributed by atoms with Gasteiger partial charge in [0.25, 0.3) is 5.56 Å². The zero-order chi connectivity index (χ0) is 31.8. The number of carbonyl (C=O) groups is 1. The average Bonchev–Trinajstić information content (AvgIpc) is 3.58. The summed E-state index contributed by atoms with van der Waals surface area (Å²) in [7, 11) is 0. The third-order valence-corrected chi connectivity index (χ3v) is 8.95. The van der Waals surface area contributed by atoms with Crippen LogP contribution in [0.1, 0.15) is 35.2 Å². The number of benzene rings is 4. The molecule has 1 aliphatic heterocycles. The van der Waals surface area contributed by atoms with Crippen LogP contribution >= 0.6 is 11.3 Å². The zero-order valence-corrected chi connectivity index (χ0v) is 25.5. The first-order valence-electron chi connectivity index (χ1n) is 14.8. The first kappa shape index (κ1) is 29.3. The Morgan fingerprint density at radius 3 is 2.41 bits per heavy atom. The van der Waals surface area contributed by atoms with Gasteiger partial charge < -0.3 is 9.30 Å². The van der Waals surface area contributed by atoms with Crippen LogP contribution < -0.4 is 14.9 Å². The van der Waals surface area contributed by atoms with E-state index in [0.29, 0.717) is 38.3 Å². The van der Waals surface area contributed by atoms with E-state index < -0.39 is 17.8 Å². The third-order valence-electron chi connectivity index (χ3n) is 7.96. The molecule has 2 aromatic heterocycles. The fourth-order valence-corrected chi connectivity index (χ4v) is 6.87. The van der Waals surface area contributed by atoms with E-state index >= 15 is 0 Å². The summed E-state index contributed by atoms with van der Waals surface area (Å²) in [6, 6.07) is 28.5. The fraction of sp³-hybridized carbons (Fsp3) is 0.108. The summed E-state index contributed by atoms with van der Waals surface area (Å²) in [4.78, 5) is 33.2. The van der Waals surface area contributed by atoms with Crippen molar-refractivity contribution in [1.82, 2.24) is 9.13 Å². The van der Waals surface area contributed by atoms with Crippen LogP contribution in [0.2, 0.25) is 0 Å². The van der Waals surface area contributed by atoms with Crippen molar-refractivity contribution in [3.05, 3.63) is 168 Å². The molecule has 6 aromatic rings. The second-order valence-corrected chi connectivity index (χ2v) is 11.8. The summed E-state index contributed by atoms with van der Waals surface area (Å²) < 4.78 is 38.0.